The van der Waals surface area contributed by atoms with E-state index in [0.717, 1.165) is 5.56 Å². The first-order valence-corrected chi connectivity index (χ1v) is 3.23. The Bertz CT molecular complexity index is 220. The molecule has 0 aliphatic heterocycles. The van der Waals surface area contributed by atoms with E-state index in [4.69, 9.17) is 9.68 Å². The van der Waals surface area contributed by atoms with Gasteiger partial charge in [0.1, 0.15) is 0 Å². The highest BCUT2D eigenvalue weighted by atomic mass is 16.3. The number of hydrogen-bond donors (Lipinski definition) is 0. The van der Waals surface area contributed by atoms with Crippen LogP contribution in [-0.2, 0) is 0 Å². The number of nitriles is 1. The Morgan fingerprint density at radius 1 is 1.80 bits per heavy atom. The summed E-state index contributed by atoms with van der Waals surface area (Å²) in [6.07, 6.45) is 3.87. The summed E-state index contributed by atoms with van der Waals surface area (Å²) in [5.41, 5.74) is 1.10. The fourth-order valence-corrected chi connectivity index (χ4v) is 0.810. The maximum atomic E-state index is 8.35. The fraction of sp³-hybridized carbons (Fsp3) is 0.375. The second-order valence-electron chi connectivity index (χ2n) is 2.32. The molecule has 2 nitrogen and oxygen atoms in total. The van der Waals surface area contributed by atoms with Crippen LogP contribution in [0.15, 0.2) is 23.0 Å². The third kappa shape index (κ3) is 1.38. The minimum atomic E-state index is 0.295. The molecule has 1 rings (SSSR count). The molecule has 1 unspecified atom stereocenters. The van der Waals surface area contributed by atoms with E-state index in [2.05, 4.69) is 6.07 Å². The second kappa shape index (κ2) is 3.07. The van der Waals surface area contributed by atoms with Gasteiger partial charge in [-0.3, -0.25) is 0 Å². The summed E-state index contributed by atoms with van der Waals surface area (Å²) in [6, 6.07) is 4.00. The number of hydrogen-bond acceptors (Lipinski definition) is 2. The topological polar surface area (TPSA) is 36.9 Å². The highest BCUT2D eigenvalue weighted by Gasteiger charge is 2.04. The molecule has 0 fully saturated rings. The predicted octanol–water partition coefficient (Wildman–Crippen LogP) is 2.30. The molecule has 10 heavy (non-hydrogen) atoms. The number of rotatable bonds is 2. The van der Waals surface area contributed by atoms with Crippen LogP contribution >= 0.6 is 0 Å². The normalized spacial score (nSPS) is 12.4. The van der Waals surface area contributed by atoms with Crippen LogP contribution in [0.4, 0.5) is 0 Å². The van der Waals surface area contributed by atoms with Crippen LogP contribution in [0.1, 0.15) is 24.8 Å². The molecule has 0 bridgehead atoms. The number of furan rings is 1. The Hall–Kier alpha value is -1.23. The van der Waals surface area contributed by atoms with Gasteiger partial charge in [-0.05, 0) is 17.5 Å². The highest BCUT2D eigenvalue weighted by Crippen LogP contribution is 2.17. The largest absolute Gasteiger partial charge is 0.472 e. The van der Waals surface area contributed by atoms with Crippen molar-refractivity contribution in [3.8, 4) is 6.07 Å². The Labute approximate surface area is 60.1 Å². The van der Waals surface area contributed by atoms with Gasteiger partial charge in [-0.1, -0.05) is 6.92 Å². The van der Waals surface area contributed by atoms with Crippen LogP contribution in [-0.4, -0.2) is 0 Å². The van der Waals surface area contributed by atoms with E-state index in [1.165, 1.54) is 0 Å². The van der Waals surface area contributed by atoms with E-state index in [1.807, 2.05) is 13.0 Å². The zero-order valence-electron chi connectivity index (χ0n) is 5.87. The molecule has 2 heteroatoms. The predicted molar refractivity (Wildman–Crippen MR) is 37.4 cm³/mol. The van der Waals surface area contributed by atoms with Crippen LogP contribution in [0, 0.1) is 11.3 Å². The van der Waals surface area contributed by atoms with Crippen molar-refractivity contribution in [3.05, 3.63) is 24.2 Å². The first-order chi connectivity index (χ1) is 4.84. The lowest BCUT2D eigenvalue weighted by Gasteiger charge is -1.99. The van der Waals surface area contributed by atoms with Crippen molar-refractivity contribution in [2.45, 2.75) is 19.3 Å². The second-order valence-corrected chi connectivity index (χ2v) is 2.32. The average Bonchev–Trinajstić information content (AvgIpc) is 2.38. The van der Waals surface area contributed by atoms with Crippen LogP contribution in [0.2, 0.25) is 0 Å². The van der Waals surface area contributed by atoms with Crippen molar-refractivity contribution >= 4 is 0 Å². The summed E-state index contributed by atoms with van der Waals surface area (Å²) >= 11 is 0. The Morgan fingerprint density at radius 2 is 2.60 bits per heavy atom. The average molecular weight is 135 g/mol. The van der Waals surface area contributed by atoms with Gasteiger partial charge in [-0.15, -0.1) is 0 Å². The molecule has 52 valence electrons. The molecule has 0 N–H and O–H groups in total. The van der Waals surface area contributed by atoms with Gasteiger partial charge in [0.15, 0.2) is 0 Å². The smallest absolute Gasteiger partial charge is 0.0937 e. The van der Waals surface area contributed by atoms with Gasteiger partial charge < -0.3 is 4.42 Å². The van der Waals surface area contributed by atoms with Crippen molar-refractivity contribution in [2.75, 3.05) is 0 Å². The molecule has 0 saturated heterocycles. The molecule has 0 aliphatic carbocycles. The zero-order chi connectivity index (χ0) is 7.40. The molecule has 1 atom stereocenters. The van der Waals surface area contributed by atoms with Gasteiger partial charge in [0, 0.05) is 6.42 Å². The molecular formula is C8H9NO. The van der Waals surface area contributed by atoms with E-state index in [-0.39, 0.29) is 0 Å². The van der Waals surface area contributed by atoms with Gasteiger partial charge >= 0.3 is 0 Å². The van der Waals surface area contributed by atoms with E-state index in [1.54, 1.807) is 12.5 Å². The number of nitrogens with zero attached hydrogens (tertiary/aromatic N) is 1. The van der Waals surface area contributed by atoms with Crippen molar-refractivity contribution in [2.24, 2.45) is 0 Å². The van der Waals surface area contributed by atoms with Crippen LogP contribution < -0.4 is 0 Å². The van der Waals surface area contributed by atoms with Gasteiger partial charge in [-0.25, -0.2) is 0 Å². The Kier molecular flexibility index (Phi) is 2.11. The fourth-order valence-electron chi connectivity index (χ4n) is 0.810. The van der Waals surface area contributed by atoms with E-state index in [0.29, 0.717) is 12.3 Å². The summed E-state index contributed by atoms with van der Waals surface area (Å²) in [5, 5.41) is 8.35. The minimum absolute atomic E-state index is 0.295. The van der Waals surface area contributed by atoms with Crippen molar-refractivity contribution in [1.29, 1.82) is 5.26 Å². The molecule has 0 saturated carbocycles. The molecule has 0 aliphatic rings. The third-order valence-electron chi connectivity index (χ3n) is 1.51. The van der Waals surface area contributed by atoms with Crippen LogP contribution in [0.3, 0.4) is 0 Å². The van der Waals surface area contributed by atoms with Crippen molar-refractivity contribution in [3.63, 3.8) is 0 Å². The summed E-state index contributed by atoms with van der Waals surface area (Å²) in [6.45, 7) is 2.01. The first kappa shape index (κ1) is 6.88. The van der Waals surface area contributed by atoms with Gasteiger partial charge in [-0.2, -0.15) is 5.26 Å². The third-order valence-corrected chi connectivity index (χ3v) is 1.51. The summed E-state index contributed by atoms with van der Waals surface area (Å²) < 4.78 is 4.87. The van der Waals surface area contributed by atoms with Crippen LogP contribution in [0.5, 0.6) is 0 Å². The molecular weight excluding hydrogens is 126 g/mol. The van der Waals surface area contributed by atoms with E-state index in [9.17, 15) is 0 Å². The summed E-state index contributed by atoms with van der Waals surface area (Å²) in [4.78, 5) is 0. The molecule has 1 aromatic heterocycles. The van der Waals surface area contributed by atoms with Gasteiger partial charge in [0.25, 0.3) is 0 Å². The highest BCUT2D eigenvalue weighted by molar-refractivity contribution is 5.12. The molecule has 0 radical (unpaired) electrons. The quantitative estimate of drug-likeness (QED) is 0.623. The lowest BCUT2D eigenvalue weighted by atomic mass is 10.0. The Balaban J connectivity index is 2.61. The zero-order valence-corrected chi connectivity index (χ0v) is 5.87. The van der Waals surface area contributed by atoms with Crippen molar-refractivity contribution in [1.82, 2.24) is 0 Å². The monoisotopic (exact) mass is 135 g/mol. The lowest BCUT2D eigenvalue weighted by molar-refractivity contribution is 0.560. The van der Waals surface area contributed by atoms with E-state index >= 15 is 0 Å². The summed E-state index contributed by atoms with van der Waals surface area (Å²) in [7, 11) is 0. The maximum absolute atomic E-state index is 8.35. The SMILES string of the molecule is CC(CC#N)c1ccoc1. The van der Waals surface area contributed by atoms with Gasteiger partial charge in [0.2, 0.25) is 0 Å². The maximum Gasteiger partial charge on any atom is 0.0937 e. The van der Waals surface area contributed by atoms with Crippen molar-refractivity contribution < 1.29 is 4.42 Å². The molecule has 0 amide bonds. The Morgan fingerprint density at radius 3 is 3.10 bits per heavy atom. The molecule has 0 aromatic carbocycles. The molecule has 0 spiro atoms. The van der Waals surface area contributed by atoms with E-state index < -0.39 is 0 Å². The first-order valence-electron chi connectivity index (χ1n) is 3.23. The summed E-state index contributed by atoms with van der Waals surface area (Å²) in [5.74, 6) is 0.295. The molecule has 1 aromatic rings. The lowest BCUT2D eigenvalue weighted by Crippen LogP contribution is -1.87. The van der Waals surface area contributed by atoms with Crippen LogP contribution in [0.25, 0.3) is 0 Å². The minimum Gasteiger partial charge on any atom is -0.472 e. The van der Waals surface area contributed by atoms with Gasteiger partial charge in [0.05, 0.1) is 18.6 Å². The molecule has 1 heterocycles. The standard InChI is InChI=1S/C8H9NO/c1-7(2-4-9)8-3-5-10-6-8/h3,5-7H,2H2,1H3.